The maximum atomic E-state index is 15.8. The average molecular weight is 632 g/mol. The van der Waals surface area contributed by atoms with Gasteiger partial charge in [-0.1, -0.05) is 62.2 Å². The third-order valence-electron chi connectivity index (χ3n) is 7.55. The Labute approximate surface area is 258 Å². The molecule has 1 unspecified atom stereocenters. The number of nitrogens with zero attached hydrogens (tertiary/aromatic N) is 1. The number of hydrogen-bond donors (Lipinski definition) is 3. The highest BCUT2D eigenvalue weighted by Gasteiger charge is 2.61. The molecule has 1 aliphatic heterocycles. The standard InChI is InChI=1S/C32H31Cl2F3N4O2/c1-5-39-29(42)19-11-10-18(14-23(19)35)40-30(43)28-26(20-7-6-8-22(34)27(20)37)32(16-38,25(41-28)15-31(2,3)4)21-12-9-17(33)13-24(21)36/h6-14,25-26,28,41H,5,15H2,1-4H3,(H,39,42)(H,40,43)/t25-,26-,28+,32?/m0/s1. The summed E-state index contributed by atoms with van der Waals surface area (Å²) in [4.78, 5) is 26.1. The minimum Gasteiger partial charge on any atom is -0.352 e. The molecule has 43 heavy (non-hydrogen) atoms. The molecule has 0 saturated carbocycles. The van der Waals surface area contributed by atoms with Crippen LogP contribution in [0.2, 0.25) is 10.0 Å². The van der Waals surface area contributed by atoms with E-state index in [0.717, 1.165) is 12.1 Å². The number of carbonyl (C=O) groups excluding carboxylic acids is 2. The summed E-state index contributed by atoms with van der Waals surface area (Å²) in [5.41, 5.74) is -2.51. The Kier molecular flexibility index (Phi) is 9.45. The molecule has 3 N–H and O–H groups in total. The van der Waals surface area contributed by atoms with Crippen molar-refractivity contribution in [2.75, 3.05) is 11.9 Å². The Morgan fingerprint density at radius 1 is 1.05 bits per heavy atom. The summed E-state index contributed by atoms with van der Waals surface area (Å²) in [5.74, 6) is -5.11. The largest absolute Gasteiger partial charge is 0.352 e. The highest BCUT2D eigenvalue weighted by molar-refractivity contribution is 6.31. The van der Waals surface area contributed by atoms with Crippen LogP contribution in [0.3, 0.4) is 0 Å². The first-order chi connectivity index (χ1) is 20.2. The number of rotatable bonds is 7. The van der Waals surface area contributed by atoms with E-state index < -0.39 is 58.1 Å². The molecule has 2 amide bonds. The highest BCUT2D eigenvalue weighted by Crippen LogP contribution is 2.52. The zero-order valence-electron chi connectivity index (χ0n) is 24.0. The first kappa shape index (κ1) is 32.3. The summed E-state index contributed by atoms with van der Waals surface area (Å²) in [5, 5.41) is 19.1. The summed E-state index contributed by atoms with van der Waals surface area (Å²) in [6.07, 6.45) is 0.293. The van der Waals surface area contributed by atoms with Crippen molar-refractivity contribution in [2.45, 2.75) is 57.5 Å². The zero-order chi connectivity index (χ0) is 31.7. The predicted molar refractivity (Wildman–Crippen MR) is 161 cm³/mol. The van der Waals surface area contributed by atoms with Gasteiger partial charge in [-0.05, 0) is 60.7 Å². The van der Waals surface area contributed by atoms with Crippen LogP contribution in [-0.2, 0) is 10.2 Å². The van der Waals surface area contributed by atoms with E-state index in [0.29, 0.717) is 13.0 Å². The normalized spacial score (nSPS) is 21.7. The lowest BCUT2D eigenvalue weighted by atomic mass is 9.62. The van der Waals surface area contributed by atoms with Gasteiger partial charge < -0.3 is 16.0 Å². The molecule has 6 nitrogen and oxygen atoms in total. The lowest BCUT2D eigenvalue weighted by Crippen LogP contribution is -2.45. The number of benzene rings is 3. The van der Waals surface area contributed by atoms with E-state index in [1.807, 2.05) is 20.8 Å². The second kappa shape index (κ2) is 12.6. The summed E-state index contributed by atoms with van der Waals surface area (Å²) in [6, 6.07) is 11.8. The average Bonchev–Trinajstić information content (AvgIpc) is 3.23. The molecule has 0 radical (unpaired) electrons. The number of halogens is 5. The molecule has 226 valence electrons. The van der Waals surface area contributed by atoms with E-state index in [9.17, 15) is 19.2 Å². The van der Waals surface area contributed by atoms with Gasteiger partial charge in [0.1, 0.15) is 22.9 Å². The molecule has 0 aliphatic carbocycles. The summed E-state index contributed by atoms with van der Waals surface area (Å²) in [7, 11) is 0. The van der Waals surface area contributed by atoms with Gasteiger partial charge in [0, 0.05) is 34.8 Å². The van der Waals surface area contributed by atoms with Crippen LogP contribution in [0.15, 0.2) is 54.6 Å². The van der Waals surface area contributed by atoms with Crippen molar-refractivity contribution >= 4 is 40.7 Å². The molecule has 1 heterocycles. The Morgan fingerprint density at radius 2 is 1.77 bits per heavy atom. The Morgan fingerprint density at radius 3 is 2.37 bits per heavy atom. The third kappa shape index (κ3) is 6.37. The second-order valence-corrected chi connectivity index (χ2v) is 12.6. The molecule has 1 fully saturated rings. The third-order valence-corrected chi connectivity index (χ3v) is 8.08. The van der Waals surface area contributed by atoms with Gasteiger partial charge in [0.25, 0.3) is 5.91 Å². The molecule has 0 spiro atoms. The van der Waals surface area contributed by atoms with Gasteiger partial charge in [-0.25, -0.2) is 13.2 Å². The molecule has 11 heteroatoms. The fourth-order valence-electron chi connectivity index (χ4n) is 5.81. The lowest BCUT2D eigenvalue weighted by molar-refractivity contribution is -0.118. The zero-order valence-corrected chi connectivity index (χ0v) is 25.5. The molecular formula is C32H31Cl2F3N4O2. The second-order valence-electron chi connectivity index (χ2n) is 11.7. The van der Waals surface area contributed by atoms with Gasteiger partial charge in [-0.2, -0.15) is 5.26 Å². The van der Waals surface area contributed by atoms with Crippen molar-refractivity contribution in [2.24, 2.45) is 5.41 Å². The van der Waals surface area contributed by atoms with Gasteiger partial charge in [0.05, 0.1) is 22.7 Å². The topological polar surface area (TPSA) is 94.0 Å². The molecule has 1 saturated heterocycles. The maximum absolute atomic E-state index is 15.8. The minimum absolute atomic E-state index is 0.0298. The van der Waals surface area contributed by atoms with E-state index >= 15 is 8.78 Å². The van der Waals surface area contributed by atoms with Crippen molar-refractivity contribution in [1.82, 2.24) is 10.6 Å². The number of nitrogens with one attached hydrogen (secondary N) is 3. The smallest absolute Gasteiger partial charge is 0.254 e. The molecule has 3 aromatic carbocycles. The Hall–Kier alpha value is -3.58. The number of carbonyl (C=O) groups is 2. The molecular weight excluding hydrogens is 600 g/mol. The van der Waals surface area contributed by atoms with E-state index in [1.54, 1.807) is 6.92 Å². The predicted octanol–water partition coefficient (Wildman–Crippen LogP) is 7.12. The summed E-state index contributed by atoms with van der Waals surface area (Å²) in [6.45, 7) is 7.78. The van der Waals surface area contributed by atoms with E-state index in [4.69, 9.17) is 23.2 Å². The van der Waals surface area contributed by atoms with Crippen molar-refractivity contribution in [3.05, 3.63) is 98.8 Å². The first-order valence-electron chi connectivity index (χ1n) is 13.7. The fraction of sp³-hybridized carbons (Fsp3) is 0.344. The van der Waals surface area contributed by atoms with Crippen molar-refractivity contribution in [1.29, 1.82) is 5.26 Å². The molecule has 1 aliphatic rings. The molecule has 0 aromatic heterocycles. The van der Waals surface area contributed by atoms with Crippen molar-refractivity contribution in [3.8, 4) is 6.07 Å². The first-order valence-corrected chi connectivity index (χ1v) is 14.4. The minimum atomic E-state index is -1.80. The maximum Gasteiger partial charge on any atom is 0.254 e. The summed E-state index contributed by atoms with van der Waals surface area (Å²) >= 11 is 12.2. The summed E-state index contributed by atoms with van der Waals surface area (Å²) < 4.78 is 46.3. The number of amides is 2. The fourth-order valence-corrected chi connectivity index (χ4v) is 6.15. The molecule has 3 aromatic rings. The Balaban J connectivity index is 1.89. The van der Waals surface area contributed by atoms with Crippen molar-refractivity contribution in [3.63, 3.8) is 0 Å². The van der Waals surface area contributed by atoms with Gasteiger partial charge in [0.15, 0.2) is 0 Å². The van der Waals surface area contributed by atoms with Crippen LogP contribution < -0.4 is 16.0 Å². The quantitative estimate of drug-likeness (QED) is 0.259. The van der Waals surface area contributed by atoms with Crippen LogP contribution in [-0.4, -0.2) is 30.4 Å². The van der Waals surface area contributed by atoms with Gasteiger partial charge >= 0.3 is 0 Å². The number of hydrogen-bond acceptors (Lipinski definition) is 4. The van der Waals surface area contributed by atoms with E-state index in [1.165, 1.54) is 42.5 Å². The van der Waals surface area contributed by atoms with Gasteiger partial charge in [-0.3, -0.25) is 9.59 Å². The van der Waals surface area contributed by atoms with E-state index in [2.05, 4.69) is 22.0 Å². The van der Waals surface area contributed by atoms with Crippen molar-refractivity contribution < 1.29 is 22.8 Å². The number of nitriles is 1. The van der Waals surface area contributed by atoms with E-state index in [-0.39, 0.29) is 32.4 Å². The van der Waals surface area contributed by atoms with Crippen LogP contribution in [0.1, 0.15) is 61.5 Å². The molecule has 4 atom stereocenters. The monoisotopic (exact) mass is 630 g/mol. The highest BCUT2D eigenvalue weighted by atomic mass is 35.5. The van der Waals surface area contributed by atoms with Crippen LogP contribution >= 0.6 is 23.2 Å². The van der Waals surface area contributed by atoms with Gasteiger partial charge in [-0.15, -0.1) is 0 Å². The SMILES string of the molecule is CCNC(=O)c1ccc(NC(=O)[C@@H]2N[C@@H](CC(C)(C)C)C(C#N)(c3ccc(Cl)cc3F)[C@H]2c2cccc(Cl)c2F)cc1F. The number of anilines is 1. The van der Waals surface area contributed by atoms with Crippen LogP contribution in [0.4, 0.5) is 18.9 Å². The lowest BCUT2D eigenvalue weighted by Gasteiger charge is -2.37. The Bertz CT molecular complexity index is 1600. The van der Waals surface area contributed by atoms with Crippen LogP contribution in [0.25, 0.3) is 0 Å². The van der Waals surface area contributed by atoms with Crippen LogP contribution in [0.5, 0.6) is 0 Å². The molecule has 4 rings (SSSR count). The van der Waals surface area contributed by atoms with Gasteiger partial charge in [0.2, 0.25) is 5.91 Å². The molecule has 0 bridgehead atoms. The van der Waals surface area contributed by atoms with Crippen LogP contribution in [0, 0.1) is 34.2 Å².